The Kier molecular flexibility index (Phi) is 4.93. The van der Waals surface area contributed by atoms with Crippen molar-refractivity contribution in [3.63, 3.8) is 0 Å². The highest BCUT2D eigenvalue weighted by atomic mass is 16.1. The largest absolute Gasteiger partial charge is 0.294 e. The van der Waals surface area contributed by atoms with Gasteiger partial charge in [0.2, 0.25) is 0 Å². The van der Waals surface area contributed by atoms with Crippen molar-refractivity contribution in [3.05, 3.63) is 11.6 Å². The Morgan fingerprint density at radius 2 is 1.77 bits per heavy atom. The quantitative estimate of drug-likeness (QED) is 0.451. The second kappa shape index (κ2) is 6.95. The Labute approximate surface area is 185 Å². The van der Waals surface area contributed by atoms with E-state index in [9.17, 15) is 4.79 Å². The predicted octanol–water partition coefficient (Wildman–Crippen LogP) is 7.84. The summed E-state index contributed by atoms with van der Waals surface area (Å²) in [6, 6.07) is 0. The lowest BCUT2D eigenvalue weighted by molar-refractivity contribution is -0.130. The molecular weight excluding hydrogens is 364 g/mol. The van der Waals surface area contributed by atoms with Crippen molar-refractivity contribution in [1.82, 2.24) is 0 Å². The van der Waals surface area contributed by atoms with Gasteiger partial charge in [0.05, 0.1) is 0 Å². The van der Waals surface area contributed by atoms with Gasteiger partial charge in [-0.15, -0.1) is 0 Å². The molecule has 1 heteroatoms. The van der Waals surface area contributed by atoms with Crippen LogP contribution in [-0.4, -0.2) is 5.78 Å². The molecule has 0 aliphatic heterocycles. The monoisotopic (exact) mass is 410 g/mol. The van der Waals surface area contributed by atoms with Crippen LogP contribution < -0.4 is 0 Å². The van der Waals surface area contributed by atoms with Crippen LogP contribution in [0.5, 0.6) is 0 Å². The summed E-state index contributed by atoms with van der Waals surface area (Å²) in [6.07, 6.45) is 16.1. The Balaban J connectivity index is 1.38. The maximum Gasteiger partial charge on any atom is 0.165 e. The lowest BCUT2D eigenvalue weighted by Crippen LogP contribution is -2.45. The summed E-state index contributed by atoms with van der Waals surface area (Å²) >= 11 is 0. The molecule has 0 bridgehead atoms. The number of fused-ring (bicyclic) bond motifs is 4. The van der Waals surface area contributed by atoms with Gasteiger partial charge in [-0.25, -0.2) is 0 Å². The number of hydrogen-bond acceptors (Lipinski definition) is 1. The predicted molar refractivity (Wildman–Crippen MR) is 125 cm³/mol. The lowest BCUT2D eigenvalue weighted by Gasteiger charge is -2.51. The Morgan fingerprint density at radius 3 is 2.50 bits per heavy atom. The first-order chi connectivity index (χ1) is 14.1. The zero-order valence-corrected chi connectivity index (χ0v) is 20.6. The molecule has 0 aromatic heterocycles. The highest BCUT2D eigenvalue weighted by molar-refractivity contribution is 6.03. The van der Waals surface area contributed by atoms with Gasteiger partial charge in [0.1, 0.15) is 0 Å². The fourth-order valence-electron chi connectivity index (χ4n) is 10.5. The van der Waals surface area contributed by atoms with Gasteiger partial charge in [0, 0.05) is 5.41 Å². The van der Waals surface area contributed by atoms with E-state index in [1.54, 1.807) is 0 Å². The van der Waals surface area contributed by atoms with Crippen molar-refractivity contribution in [2.75, 3.05) is 0 Å². The Bertz CT molecular complexity index is 747. The minimum Gasteiger partial charge on any atom is -0.294 e. The van der Waals surface area contributed by atoms with E-state index in [4.69, 9.17) is 0 Å². The van der Waals surface area contributed by atoms with Gasteiger partial charge in [-0.2, -0.15) is 0 Å². The summed E-state index contributed by atoms with van der Waals surface area (Å²) < 4.78 is 0. The standard InChI is InChI=1S/C29H46O/c1-18(2)8-7-9-19(3)23-10-11-24-22-17-29-21(16-20(4)26(29)30)12-15-28(29,6)25(22)13-14-27(23,24)5/h16,18-19,21-25H,7-15,17H2,1-6H3/t19-,21-,22+,23-,24+,25+,27-,28-,29-/m1/s1. The minimum absolute atomic E-state index is 0.0152. The fraction of sp³-hybridized carbons (Fsp3) is 0.897. The third kappa shape index (κ3) is 2.56. The van der Waals surface area contributed by atoms with E-state index < -0.39 is 0 Å². The molecule has 0 heterocycles. The molecule has 0 unspecified atom stereocenters. The normalized spacial score (nSPS) is 50.3. The van der Waals surface area contributed by atoms with Crippen LogP contribution in [0.15, 0.2) is 11.6 Å². The molecule has 5 rings (SSSR count). The summed E-state index contributed by atoms with van der Waals surface area (Å²) in [5.41, 5.74) is 1.88. The molecule has 9 atom stereocenters. The number of allylic oxidation sites excluding steroid dienone is 2. The van der Waals surface area contributed by atoms with Crippen molar-refractivity contribution >= 4 is 5.78 Å². The number of Topliss-reactive ketones (excluding diaryl/α,β-unsaturated/α-hetero) is 1. The molecule has 168 valence electrons. The van der Waals surface area contributed by atoms with E-state index in [2.05, 4.69) is 47.6 Å². The van der Waals surface area contributed by atoms with Gasteiger partial charge in [0.25, 0.3) is 0 Å². The van der Waals surface area contributed by atoms with E-state index in [1.165, 1.54) is 64.2 Å². The van der Waals surface area contributed by atoms with Crippen molar-refractivity contribution < 1.29 is 4.79 Å². The topological polar surface area (TPSA) is 17.1 Å². The Morgan fingerprint density at radius 1 is 1.00 bits per heavy atom. The summed E-state index contributed by atoms with van der Waals surface area (Å²) in [4.78, 5) is 13.6. The van der Waals surface area contributed by atoms with E-state index in [1.807, 2.05) is 0 Å². The number of carbonyl (C=O) groups excluding carboxylic acids is 1. The van der Waals surface area contributed by atoms with E-state index in [0.29, 0.717) is 17.1 Å². The molecule has 0 N–H and O–H groups in total. The first kappa shape index (κ1) is 21.3. The van der Waals surface area contributed by atoms with Crippen molar-refractivity contribution in [3.8, 4) is 0 Å². The summed E-state index contributed by atoms with van der Waals surface area (Å²) in [7, 11) is 0. The molecule has 1 nitrogen and oxygen atoms in total. The van der Waals surface area contributed by atoms with E-state index >= 15 is 0 Å². The molecule has 0 radical (unpaired) electrons. The summed E-state index contributed by atoms with van der Waals surface area (Å²) in [6.45, 7) is 14.6. The average Bonchev–Trinajstić information content (AvgIpc) is 3.32. The smallest absolute Gasteiger partial charge is 0.165 e. The highest BCUT2D eigenvalue weighted by Gasteiger charge is 2.74. The molecule has 5 aliphatic carbocycles. The van der Waals surface area contributed by atoms with Gasteiger partial charge in [-0.1, -0.05) is 60.0 Å². The minimum atomic E-state index is -0.0152. The van der Waals surface area contributed by atoms with Crippen molar-refractivity contribution in [1.29, 1.82) is 0 Å². The third-order valence-corrected chi connectivity index (χ3v) is 11.9. The maximum absolute atomic E-state index is 13.6. The van der Waals surface area contributed by atoms with Gasteiger partial charge in [-0.3, -0.25) is 4.79 Å². The molecule has 4 saturated carbocycles. The fourth-order valence-corrected chi connectivity index (χ4v) is 10.5. The maximum atomic E-state index is 13.6. The number of rotatable bonds is 5. The molecule has 30 heavy (non-hydrogen) atoms. The number of hydrogen-bond donors (Lipinski definition) is 0. The van der Waals surface area contributed by atoms with Gasteiger partial charge in [0.15, 0.2) is 5.78 Å². The first-order valence-corrected chi connectivity index (χ1v) is 13.4. The van der Waals surface area contributed by atoms with Crippen molar-refractivity contribution in [2.45, 2.75) is 106 Å². The SMILES string of the molecule is CC1=C[C@H]2CC[C@]3(C)[C@H]4CC[C@]5(C)[C@@H]([C@H](C)CCCC(C)C)CC[C@H]5[C@@H]4C[C@]23C1=O. The van der Waals surface area contributed by atoms with Crippen LogP contribution in [0.4, 0.5) is 0 Å². The average molecular weight is 411 g/mol. The molecule has 1 spiro atoms. The van der Waals surface area contributed by atoms with Gasteiger partial charge in [-0.05, 0) is 110 Å². The molecular formula is C29H46O. The molecule has 0 saturated heterocycles. The second-order valence-electron chi connectivity index (χ2n) is 13.3. The van der Waals surface area contributed by atoms with Crippen LogP contribution in [0.2, 0.25) is 0 Å². The second-order valence-corrected chi connectivity index (χ2v) is 13.3. The van der Waals surface area contributed by atoms with Crippen LogP contribution in [0.25, 0.3) is 0 Å². The van der Waals surface area contributed by atoms with Crippen LogP contribution >= 0.6 is 0 Å². The summed E-state index contributed by atoms with van der Waals surface area (Å²) in [5.74, 6) is 6.23. The summed E-state index contributed by atoms with van der Waals surface area (Å²) in [5, 5.41) is 0. The van der Waals surface area contributed by atoms with Crippen LogP contribution in [0, 0.1) is 57.7 Å². The van der Waals surface area contributed by atoms with E-state index in [0.717, 1.165) is 41.1 Å². The molecule has 5 aliphatic rings. The van der Waals surface area contributed by atoms with Crippen LogP contribution in [0.1, 0.15) is 106 Å². The number of carbonyl (C=O) groups is 1. The third-order valence-electron chi connectivity index (χ3n) is 11.9. The zero-order chi connectivity index (χ0) is 21.5. The molecule has 0 aromatic carbocycles. The van der Waals surface area contributed by atoms with E-state index in [-0.39, 0.29) is 10.8 Å². The van der Waals surface area contributed by atoms with Gasteiger partial charge >= 0.3 is 0 Å². The van der Waals surface area contributed by atoms with Crippen molar-refractivity contribution in [2.24, 2.45) is 57.7 Å². The molecule has 4 fully saturated rings. The van der Waals surface area contributed by atoms with Gasteiger partial charge < -0.3 is 0 Å². The Hall–Kier alpha value is -0.590. The molecule has 0 aromatic rings. The highest BCUT2D eigenvalue weighted by Crippen LogP contribution is 2.78. The first-order valence-electron chi connectivity index (χ1n) is 13.4. The molecule has 0 amide bonds. The van der Waals surface area contributed by atoms with Crippen LogP contribution in [-0.2, 0) is 4.79 Å². The number of ketones is 1. The zero-order valence-electron chi connectivity index (χ0n) is 20.6. The lowest BCUT2D eigenvalue weighted by atomic mass is 9.54. The van der Waals surface area contributed by atoms with Crippen LogP contribution in [0.3, 0.4) is 0 Å².